The second-order valence-electron chi connectivity index (χ2n) is 14.1. The van der Waals surface area contributed by atoms with E-state index in [1.165, 1.54) is 38.0 Å². The van der Waals surface area contributed by atoms with Crippen LogP contribution in [0.1, 0.15) is 0 Å². The summed E-state index contributed by atoms with van der Waals surface area (Å²) in [5.74, 6) is 0.627. The largest absolute Gasteiger partial charge is 0.456 e. The molecular weight excluding hydrogens is 649 g/mol. The summed E-state index contributed by atoms with van der Waals surface area (Å²) in [4.78, 5) is 11.0. The summed E-state index contributed by atoms with van der Waals surface area (Å²) in [6.07, 6.45) is 0. The van der Waals surface area contributed by atoms with E-state index in [0.717, 1.165) is 76.8 Å². The molecule has 0 aliphatic heterocycles. The number of furan rings is 1. The van der Waals surface area contributed by atoms with E-state index in [1.54, 1.807) is 0 Å². The predicted molar refractivity (Wildman–Crippen MR) is 219 cm³/mol. The molecule has 0 atom stereocenters. The van der Waals surface area contributed by atoms with Crippen LogP contribution in [0.3, 0.4) is 0 Å². The van der Waals surface area contributed by atoms with E-state index >= 15 is 0 Å². The van der Waals surface area contributed by atoms with E-state index in [2.05, 4.69) is 161 Å². The fourth-order valence-corrected chi connectivity index (χ4v) is 9.29. The molecule has 13 rings (SSSR count). The molecule has 0 aliphatic carbocycles. The Morgan fingerprint density at radius 2 is 1.11 bits per heavy atom. The second-order valence-corrected chi connectivity index (χ2v) is 14.1. The van der Waals surface area contributed by atoms with Gasteiger partial charge >= 0.3 is 0 Å². The van der Waals surface area contributed by atoms with Gasteiger partial charge in [0.2, 0.25) is 5.95 Å². The van der Waals surface area contributed by atoms with Crippen molar-refractivity contribution >= 4 is 104 Å². The number of rotatable bonds is 2. The second kappa shape index (κ2) is 9.75. The zero-order chi connectivity index (χ0) is 34.4. The van der Waals surface area contributed by atoms with Crippen LogP contribution in [0.5, 0.6) is 0 Å². The lowest BCUT2D eigenvalue weighted by Crippen LogP contribution is -2.04. The van der Waals surface area contributed by atoms with Crippen molar-refractivity contribution in [1.82, 2.24) is 18.9 Å². The van der Waals surface area contributed by atoms with E-state index in [9.17, 15) is 0 Å². The number of nitrogens with zero attached hydrogens (tertiary/aromatic N) is 4. The molecule has 5 aromatic heterocycles. The van der Waals surface area contributed by atoms with Crippen molar-refractivity contribution in [2.75, 3.05) is 0 Å². The topological polar surface area (TPSA) is 48.3 Å². The average molecular weight is 675 g/mol. The third-order valence-electron chi connectivity index (χ3n) is 11.4. The van der Waals surface area contributed by atoms with Crippen LogP contribution in [0.25, 0.3) is 121 Å². The Balaban J connectivity index is 1.33. The summed E-state index contributed by atoms with van der Waals surface area (Å²) in [6, 6.07) is 56.1. The van der Waals surface area contributed by atoms with Gasteiger partial charge in [0.05, 0.1) is 44.2 Å². The van der Waals surface area contributed by atoms with E-state index in [0.29, 0.717) is 5.95 Å². The lowest BCUT2D eigenvalue weighted by atomic mass is 10.0. The van der Waals surface area contributed by atoms with E-state index in [4.69, 9.17) is 14.4 Å². The number of fused-ring (bicyclic) bond motifs is 12. The SMILES string of the molecule is c1ccc(-c2nc(-n3c4cccc5c6cccc7c8ccccc8n(c67)c6c7c(cc3c6c54)oc3ccccc37)nc3c2ccc2ccccc23)cc1. The maximum atomic E-state index is 6.78. The first-order chi connectivity index (χ1) is 26.3. The van der Waals surface area contributed by atoms with Gasteiger partial charge < -0.3 is 8.82 Å². The quantitative estimate of drug-likeness (QED) is 0.172. The van der Waals surface area contributed by atoms with Gasteiger partial charge in [0, 0.05) is 54.7 Å². The molecule has 0 bridgehead atoms. The molecule has 0 amide bonds. The number of hydrogen-bond donors (Lipinski definition) is 0. The highest BCUT2D eigenvalue weighted by Gasteiger charge is 2.27. The van der Waals surface area contributed by atoms with Crippen LogP contribution in [0, 0.1) is 0 Å². The van der Waals surface area contributed by atoms with Crippen LogP contribution in [0.15, 0.2) is 162 Å². The van der Waals surface area contributed by atoms with Gasteiger partial charge in [-0.15, -0.1) is 0 Å². The Bertz CT molecular complexity index is 3680. The lowest BCUT2D eigenvalue weighted by molar-refractivity contribution is 0.669. The Hall–Kier alpha value is -7.24. The predicted octanol–water partition coefficient (Wildman–Crippen LogP) is 12.6. The Kier molecular flexibility index (Phi) is 5.06. The molecule has 0 fully saturated rings. The molecule has 0 saturated carbocycles. The number of hydrogen-bond acceptors (Lipinski definition) is 3. The van der Waals surface area contributed by atoms with Crippen molar-refractivity contribution in [3.63, 3.8) is 0 Å². The van der Waals surface area contributed by atoms with Crippen LogP contribution < -0.4 is 0 Å². The fraction of sp³-hybridized carbons (Fsp3) is 0. The van der Waals surface area contributed by atoms with Crippen molar-refractivity contribution in [3.05, 3.63) is 158 Å². The van der Waals surface area contributed by atoms with Gasteiger partial charge in [0.15, 0.2) is 0 Å². The van der Waals surface area contributed by atoms with Gasteiger partial charge in [0.1, 0.15) is 11.2 Å². The smallest absolute Gasteiger partial charge is 0.235 e. The van der Waals surface area contributed by atoms with Crippen LogP contribution in [-0.2, 0) is 0 Å². The van der Waals surface area contributed by atoms with Gasteiger partial charge in [-0.3, -0.25) is 4.57 Å². The third-order valence-corrected chi connectivity index (χ3v) is 11.4. The maximum Gasteiger partial charge on any atom is 0.235 e. The molecule has 0 aliphatic rings. The summed E-state index contributed by atoms with van der Waals surface area (Å²) >= 11 is 0. The van der Waals surface area contributed by atoms with Crippen LogP contribution in [-0.4, -0.2) is 18.9 Å². The summed E-state index contributed by atoms with van der Waals surface area (Å²) in [5.41, 5.74) is 10.2. The molecule has 5 heterocycles. The van der Waals surface area contributed by atoms with E-state index in [-0.39, 0.29) is 0 Å². The van der Waals surface area contributed by atoms with Crippen molar-refractivity contribution < 1.29 is 4.42 Å². The van der Waals surface area contributed by atoms with Gasteiger partial charge in [-0.2, -0.15) is 0 Å². The molecule has 5 heteroatoms. The first kappa shape index (κ1) is 27.5. The standard InChI is InChI=1S/C48H26N4O/c1-2-13-28(14-3-1)44-35-25-24-27-12-4-5-15-29(27)45(35)50-48(49-44)51-37-22-11-18-31-33-20-10-19-32-30-16-6-8-21-36(30)52(46(32)33)47-42-34-17-7-9-23-39(34)53-40(42)26-38(51)43(47)41(31)37/h1-26H. The number of benzene rings is 8. The summed E-state index contributed by atoms with van der Waals surface area (Å²) in [6.45, 7) is 0. The summed E-state index contributed by atoms with van der Waals surface area (Å²) in [7, 11) is 0. The maximum absolute atomic E-state index is 6.78. The lowest BCUT2D eigenvalue weighted by Gasteiger charge is -2.13. The van der Waals surface area contributed by atoms with E-state index < -0.39 is 0 Å². The molecule has 0 unspecified atom stereocenters. The highest BCUT2D eigenvalue weighted by molar-refractivity contribution is 6.36. The summed E-state index contributed by atoms with van der Waals surface area (Å²) < 4.78 is 11.6. The average Bonchev–Trinajstić information content (AvgIpc) is 3.84. The molecule has 0 radical (unpaired) electrons. The minimum Gasteiger partial charge on any atom is -0.456 e. The van der Waals surface area contributed by atoms with Gasteiger partial charge in [0.25, 0.3) is 0 Å². The normalized spacial score (nSPS) is 12.5. The Morgan fingerprint density at radius 1 is 0.415 bits per heavy atom. The first-order valence-corrected chi connectivity index (χ1v) is 18.0. The Morgan fingerprint density at radius 3 is 2.02 bits per heavy atom. The van der Waals surface area contributed by atoms with E-state index in [1.807, 2.05) is 6.07 Å². The molecule has 13 aromatic rings. The minimum absolute atomic E-state index is 0.627. The summed E-state index contributed by atoms with van der Waals surface area (Å²) in [5, 5.41) is 12.7. The molecule has 0 spiro atoms. The van der Waals surface area contributed by atoms with Gasteiger partial charge in [-0.25, -0.2) is 9.97 Å². The van der Waals surface area contributed by atoms with Crippen molar-refractivity contribution in [2.45, 2.75) is 0 Å². The fourth-order valence-electron chi connectivity index (χ4n) is 9.29. The zero-order valence-electron chi connectivity index (χ0n) is 28.2. The van der Waals surface area contributed by atoms with Crippen molar-refractivity contribution in [3.8, 4) is 17.2 Å². The zero-order valence-corrected chi connectivity index (χ0v) is 28.2. The molecule has 5 nitrogen and oxygen atoms in total. The highest BCUT2D eigenvalue weighted by Crippen LogP contribution is 2.48. The monoisotopic (exact) mass is 674 g/mol. The van der Waals surface area contributed by atoms with Crippen LogP contribution in [0.4, 0.5) is 0 Å². The number of para-hydroxylation sites is 3. The molecule has 244 valence electrons. The van der Waals surface area contributed by atoms with Crippen LogP contribution >= 0.6 is 0 Å². The minimum atomic E-state index is 0.627. The molecule has 8 aromatic carbocycles. The van der Waals surface area contributed by atoms with Crippen LogP contribution in [0.2, 0.25) is 0 Å². The number of aromatic nitrogens is 4. The first-order valence-electron chi connectivity index (χ1n) is 18.0. The highest BCUT2D eigenvalue weighted by atomic mass is 16.3. The van der Waals surface area contributed by atoms with Crippen molar-refractivity contribution in [2.24, 2.45) is 0 Å². The third kappa shape index (κ3) is 3.42. The van der Waals surface area contributed by atoms with Gasteiger partial charge in [-0.05, 0) is 35.0 Å². The molecule has 0 saturated heterocycles. The van der Waals surface area contributed by atoms with Crippen molar-refractivity contribution in [1.29, 1.82) is 0 Å². The van der Waals surface area contributed by atoms with Gasteiger partial charge in [-0.1, -0.05) is 127 Å². The molecule has 53 heavy (non-hydrogen) atoms. The Labute approximate surface area is 300 Å². The molecular formula is C48H26N4O. The molecule has 0 N–H and O–H groups in total.